The van der Waals surface area contributed by atoms with Gasteiger partial charge in [-0.05, 0) is 23.3 Å². The zero-order valence-corrected chi connectivity index (χ0v) is 11.1. The van der Waals surface area contributed by atoms with Gasteiger partial charge in [-0.2, -0.15) is 10.4 Å². The molecule has 2 aromatic heterocycles. The number of nitrogens with zero attached hydrogens (tertiary/aromatic N) is 6. The smallest absolute Gasteiger partial charge is 0.358 e. The van der Waals surface area contributed by atoms with E-state index in [9.17, 15) is 15.4 Å². The average Bonchev–Trinajstić information content (AvgIpc) is 2.95. The summed E-state index contributed by atoms with van der Waals surface area (Å²) in [4.78, 5) is 10.1. The maximum Gasteiger partial charge on any atom is 0.390 e. The molecule has 0 bridgehead atoms. The second-order valence-electron chi connectivity index (χ2n) is 4.02. The van der Waals surface area contributed by atoms with Crippen LogP contribution in [0.2, 0.25) is 0 Å². The molecule has 0 radical (unpaired) electrons. The first-order valence-electron chi connectivity index (χ1n) is 6.11. The molecule has 0 aliphatic rings. The standard InChI is InChI=1S/C12H12N6O2/c1-3-8-9(7-13)12(15-14-10(8)4-2)17-6-5-11(16-17)18(19)20/h5-6H,3-4H2,1-2H3. The van der Waals surface area contributed by atoms with Crippen LogP contribution < -0.4 is 0 Å². The predicted molar refractivity (Wildman–Crippen MR) is 69.3 cm³/mol. The van der Waals surface area contributed by atoms with Gasteiger partial charge < -0.3 is 10.1 Å². The highest BCUT2D eigenvalue weighted by Crippen LogP contribution is 2.20. The summed E-state index contributed by atoms with van der Waals surface area (Å²) in [5.74, 6) is -0.0806. The summed E-state index contributed by atoms with van der Waals surface area (Å²) in [5, 5.41) is 31.8. The fourth-order valence-corrected chi connectivity index (χ4v) is 1.97. The molecule has 8 heteroatoms. The van der Waals surface area contributed by atoms with E-state index in [-0.39, 0.29) is 11.6 Å². The maximum atomic E-state index is 10.7. The largest absolute Gasteiger partial charge is 0.390 e. The molecule has 2 aromatic rings. The molecule has 0 spiro atoms. The van der Waals surface area contributed by atoms with E-state index in [1.54, 1.807) is 0 Å². The first kappa shape index (κ1) is 13.6. The number of hydrogen-bond donors (Lipinski definition) is 0. The molecule has 0 unspecified atom stereocenters. The van der Waals surface area contributed by atoms with Crippen molar-refractivity contribution >= 4 is 5.82 Å². The third-order valence-corrected chi connectivity index (χ3v) is 2.92. The first-order chi connectivity index (χ1) is 9.62. The molecule has 0 saturated heterocycles. The number of nitriles is 1. The quantitative estimate of drug-likeness (QED) is 0.617. The molecule has 0 atom stereocenters. The van der Waals surface area contributed by atoms with Gasteiger partial charge in [0.2, 0.25) is 5.82 Å². The van der Waals surface area contributed by atoms with Gasteiger partial charge in [0.1, 0.15) is 11.6 Å². The molecule has 8 nitrogen and oxygen atoms in total. The summed E-state index contributed by atoms with van der Waals surface area (Å²) in [7, 11) is 0. The van der Waals surface area contributed by atoms with Crippen LogP contribution in [0.15, 0.2) is 12.3 Å². The topological polar surface area (TPSA) is 111 Å². The van der Waals surface area contributed by atoms with Gasteiger partial charge in [0.05, 0.1) is 23.1 Å². The van der Waals surface area contributed by atoms with Gasteiger partial charge in [-0.1, -0.05) is 13.8 Å². The molecule has 0 saturated carbocycles. The van der Waals surface area contributed by atoms with Crippen molar-refractivity contribution in [3.05, 3.63) is 39.2 Å². The van der Waals surface area contributed by atoms with Crippen molar-refractivity contribution in [2.24, 2.45) is 0 Å². The summed E-state index contributed by atoms with van der Waals surface area (Å²) in [6.45, 7) is 3.86. The molecule has 20 heavy (non-hydrogen) atoms. The van der Waals surface area contributed by atoms with Gasteiger partial charge in [-0.15, -0.1) is 9.78 Å². The second kappa shape index (κ2) is 5.44. The van der Waals surface area contributed by atoms with Crippen molar-refractivity contribution in [3.63, 3.8) is 0 Å². The Morgan fingerprint density at radius 3 is 2.65 bits per heavy atom. The highest BCUT2D eigenvalue weighted by Gasteiger charge is 2.20. The molecule has 0 aliphatic carbocycles. The first-order valence-corrected chi connectivity index (χ1v) is 6.11. The highest BCUT2D eigenvalue weighted by molar-refractivity contribution is 5.50. The SMILES string of the molecule is CCc1nnc(-n2ccc([N+](=O)[O-])n2)c(C#N)c1CC. The van der Waals surface area contributed by atoms with Crippen LogP contribution >= 0.6 is 0 Å². The van der Waals surface area contributed by atoms with Crippen molar-refractivity contribution in [1.29, 1.82) is 5.26 Å². The van der Waals surface area contributed by atoms with Gasteiger partial charge in [0, 0.05) is 0 Å². The van der Waals surface area contributed by atoms with Crippen LogP contribution in [0, 0.1) is 21.4 Å². The second-order valence-corrected chi connectivity index (χ2v) is 4.02. The summed E-state index contributed by atoms with van der Waals surface area (Å²) in [6, 6.07) is 3.35. The minimum Gasteiger partial charge on any atom is -0.358 e. The Bertz CT molecular complexity index is 700. The van der Waals surface area contributed by atoms with Crippen molar-refractivity contribution < 1.29 is 4.92 Å². The lowest BCUT2D eigenvalue weighted by atomic mass is 10.0. The van der Waals surface area contributed by atoms with Gasteiger partial charge in [-0.3, -0.25) is 0 Å². The van der Waals surface area contributed by atoms with Crippen LogP contribution in [0.4, 0.5) is 5.82 Å². The Balaban J connectivity index is 2.62. The van der Waals surface area contributed by atoms with Gasteiger partial charge in [-0.25, -0.2) is 0 Å². The van der Waals surface area contributed by atoms with Crippen molar-refractivity contribution in [1.82, 2.24) is 20.0 Å². The molecule has 0 amide bonds. The van der Waals surface area contributed by atoms with E-state index in [1.165, 1.54) is 16.9 Å². The van der Waals surface area contributed by atoms with Crippen molar-refractivity contribution in [3.8, 4) is 11.9 Å². The molecule has 0 fully saturated rings. The van der Waals surface area contributed by atoms with Crippen LogP contribution in [0.3, 0.4) is 0 Å². The van der Waals surface area contributed by atoms with Crippen LogP contribution in [0.5, 0.6) is 0 Å². The lowest BCUT2D eigenvalue weighted by Crippen LogP contribution is -2.10. The number of rotatable bonds is 4. The van der Waals surface area contributed by atoms with E-state index in [0.717, 1.165) is 11.3 Å². The minimum absolute atomic E-state index is 0.217. The Morgan fingerprint density at radius 2 is 2.15 bits per heavy atom. The predicted octanol–water partition coefficient (Wildman–Crippen LogP) is 1.57. The fraction of sp³-hybridized carbons (Fsp3) is 0.333. The third kappa shape index (κ3) is 2.21. The third-order valence-electron chi connectivity index (χ3n) is 2.92. The molecule has 2 heterocycles. The summed E-state index contributed by atoms with van der Waals surface area (Å²) < 4.78 is 1.21. The Kier molecular flexibility index (Phi) is 3.70. The van der Waals surface area contributed by atoms with Crippen LogP contribution in [-0.4, -0.2) is 24.9 Å². The molecule has 0 aromatic carbocycles. The molecular weight excluding hydrogens is 260 g/mol. The number of hydrogen-bond acceptors (Lipinski definition) is 6. The lowest BCUT2D eigenvalue weighted by molar-refractivity contribution is -0.389. The van der Waals surface area contributed by atoms with Gasteiger partial charge >= 0.3 is 5.82 Å². The van der Waals surface area contributed by atoms with Crippen LogP contribution in [0.1, 0.15) is 30.7 Å². The Morgan fingerprint density at radius 1 is 1.40 bits per heavy atom. The fourth-order valence-electron chi connectivity index (χ4n) is 1.97. The zero-order valence-electron chi connectivity index (χ0n) is 11.1. The van der Waals surface area contributed by atoms with E-state index in [1.807, 2.05) is 13.8 Å². The van der Waals surface area contributed by atoms with E-state index in [4.69, 9.17) is 0 Å². The van der Waals surface area contributed by atoms with Crippen molar-refractivity contribution in [2.75, 3.05) is 0 Å². The molecule has 0 aliphatic heterocycles. The number of aromatic nitrogens is 4. The van der Waals surface area contributed by atoms with Crippen LogP contribution in [-0.2, 0) is 12.8 Å². The molecule has 2 rings (SSSR count). The summed E-state index contributed by atoms with van der Waals surface area (Å²) >= 11 is 0. The van der Waals surface area contributed by atoms with Gasteiger partial charge in [0.25, 0.3) is 0 Å². The molecule has 0 N–H and O–H groups in total. The summed E-state index contributed by atoms with van der Waals surface area (Å²) in [5.41, 5.74) is 1.92. The monoisotopic (exact) mass is 272 g/mol. The normalized spacial score (nSPS) is 10.2. The van der Waals surface area contributed by atoms with E-state index < -0.39 is 4.92 Å². The van der Waals surface area contributed by atoms with E-state index >= 15 is 0 Å². The maximum absolute atomic E-state index is 10.7. The minimum atomic E-state index is -0.600. The summed E-state index contributed by atoms with van der Waals surface area (Å²) in [6.07, 6.45) is 2.70. The zero-order chi connectivity index (χ0) is 14.7. The molecule has 102 valence electrons. The van der Waals surface area contributed by atoms with E-state index in [0.29, 0.717) is 18.4 Å². The Hall–Kier alpha value is -2.82. The lowest BCUT2D eigenvalue weighted by Gasteiger charge is -2.08. The van der Waals surface area contributed by atoms with E-state index in [2.05, 4.69) is 21.4 Å². The average molecular weight is 272 g/mol. The number of aryl methyl sites for hydroxylation is 1. The van der Waals surface area contributed by atoms with Crippen LogP contribution in [0.25, 0.3) is 5.82 Å². The highest BCUT2D eigenvalue weighted by atomic mass is 16.6. The van der Waals surface area contributed by atoms with Gasteiger partial charge in [0.15, 0.2) is 0 Å². The molecular formula is C12H12N6O2. The Labute approximate surface area is 114 Å². The van der Waals surface area contributed by atoms with Crippen molar-refractivity contribution in [2.45, 2.75) is 26.7 Å². The number of nitro groups is 1.